The Balaban J connectivity index is 2.95. The topological polar surface area (TPSA) is 12.0 Å². The van der Waals surface area contributed by atoms with Crippen molar-refractivity contribution in [1.82, 2.24) is 5.32 Å². The van der Waals surface area contributed by atoms with Gasteiger partial charge in [-0.15, -0.1) is 0 Å². The lowest BCUT2D eigenvalue weighted by molar-refractivity contribution is 0.851. The van der Waals surface area contributed by atoms with Gasteiger partial charge in [-0.3, -0.25) is 0 Å². The van der Waals surface area contributed by atoms with Gasteiger partial charge in [0.2, 0.25) is 0 Å². The Morgan fingerprint density at radius 3 is 2.73 bits per heavy atom. The number of likely N-dealkylation sites (N-methyl/N-ethyl adjacent to an activating group) is 1. The molecule has 0 saturated carbocycles. The third kappa shape index (κ3) is 3.80. The molecule has 0 spiro atoms. The van der Waals surface area contributed by atoms with E-state index in [9.17, 15) is 0 Å². The second-order valence-electron chi connectivity index (χ2n) is 3.71. The maximum atomic E-state index is 3.59. The number of benzene rings is 1. The van der Waals surface area contributed by atoms with E-state index in [1.54, 1.807) is 0 Å². The first-order chi connectivity index (χ1) is 7.17. The van der Waals surface area contributed by atoms with Crippen LogP contribution in [-0.2, 0) is 0 Å². The van der Waals surface area contributed by atoms with E-state index in [4.69, 9.17) is 0 Å². The van der Waals surface area contributed by atoms with Gasteiger partial charge in [-0.05, 0) is 37.6 Å². The fourth-order valence-corrected chi connectivity index (χ4v) is 2.08. The van der Waals surface area contributed by atoms with Crippen molar-refractivity contribution in [2.75, 3.05) is 13.6 Å². The molecule has 1 aromatic rings. The lowest BCUT2D eigenvalue weighted by Crippen LogP contribution is -2.09. The Bertz CT molecular complexity index is 356. The van der Waals surface area contributed by atoms with Crippen molar-refractivity contribution in [2.45, 2.75) is 20.3 Å². The molecular weight excluding hydrogens is 250 g/mol. The van der Waals surface area contributed by atoms with Gasteiger partial charge in [0.1, 0.15) is 0 Å². The molecule has 0 aliphatic carbocycles. The lowest BCUT2D eigenvalue weighted by atomic mass is 10.1. The summed E-state index contributed by atoms with van der Waals surface area (Å²) in [5.41, 5.74) is 3.96. The van der Waals surface area contributed by atoms with Crippen molar-refractivity contribution in [3.63, 3.8) is 0 Å². The Morgan fingerprint density at radius 2 is 2.20 bits per heavy atom. The normalized spacial score (nSPS) is 11.9. The van der Waals surface area contributed by atoms with Crippen LogP contribution in [0.5, 0.6) is 0 Å². The zero-order valence-electron chi connectivity index (χ0n) is 9.60. The van der Waals surface area contributed by atoms with Crippen LogP contribution in [0, 0.1) is 6.92 Å². The van der Waals surface area contributed by atoms with Gasteiger partial charge in [-0.2, -0.15) is 0 Å². The average Bonchev–Trinajstić information content (AvgIpc) is 2.21. The van der Waals surface area contributed by atoms with Crippen molar-refractivity contribution in [3.8, 4) is 0 Å². The molecule has 0 aromatic heterocycles. The monoisotopic (exact) mass is 267 g/mol. The summed E-state index contributed by atoms with van der Waals surface area (Å²) in [6, 6.07) is 6.45. The number of hydrogen-bond acceptors (Lipinski definition) is 1. The fraction of sp³-hybridized carbons (Fsp3) is 0.385. The van der Waals surface area contributed by atoms with Crippen LogP contribution in [0.2, 0.25) is 0 Å². The van der Waals surface area contributed by atoms with Gasteiger partial charge in [0, 0.05) is 11.0 Å². The summed E-state index contributed by atoms with van der Waals surface area (Å²) in [5.74, 6) is 0. The third-order valence-corrected chi connectivity index (χ3v) is 3.06. The summed E-state index contributed by atoms with van der Waals surface area (Å²) in [6.07, 6.45) is 3.33. The SMILES string of the molecule is CC/C(=C/c1ccc(C)cc1Br)CNC. The van der Waals surface area contributed by atoms with Gasteiger partial charge in [0.05, 0.1) is 0 Å². The zero-order valence-corrected chi connectivity index (χ0v) is 11.2. The molecule has 0 radical (unpaired) electrons. The van der Waals surface area contributed by atoms with Gasteiger partial charge in [0.15, 0.2) is 0 Å². The molecule has 15 heavy (non-hydrogen) atoms. The van der Waals surface area contributed by atoms with Crippen LogP contribution in [0.4, 0.5) is 0 Å². The van der Waals surface area contributed by atoms with Gasteiger partial charge in [-0.25, -0.2) is 0 Å². The molecule has 1 N–H and O–H groups in total. The van der Waals surface area contributed by atoms with Crippen LogP contribution in [-0.4, -0.2) is 13.6 Å². The van der Waals surface area contributed by atoms with E-state index >= 15 is 0 Å². The van der Waals surface area contributed by atoms with Gasteiger partial charge in [0.25, 0.3) is 0 Å². The van der Waals surface area contributed by atoms with Gasteiger partial charge in [-0.1, -0.05) is 46.6 Å². The Morgan fingerprint density at radius 1 is 1.47 bits per heavy atom. The summed E-state index contributed by atoms with van der Waals surface area (Å²) >= 11 is 3.59. The van der Waals surface area contributed by atoms with E-state index in [1.165, 1.54) is 21.2 Å². The summed E-state index contributed by atoms with van der Waals surface area (Å²) in [6.45, 7) is 5.24. The van der Waals surface area contributed by atoms with Crippen LogP contribution in [0.3, 0.4) is 0 Å². The molecule has 2 heteroatoms. The maximum Gasteiger partial charge on any atom is 0.0250 e. The number of aryl methyl sites for hydroxylation is 1. The molecule has 0 heterocycles. The van der Waals surface area contributed by atoms with Crippen molar-refractivity contribution in [2.24, 2.45) is 0 Å². The van der Waals surface area contributed by atoms with E-state index in [0.29, 0.717) is 0 Å². The molecule has 0 aliphatic heterocycles. The predicted octanol–water partition coefficient (Wildman–Crippen LogP) is 3.77. The van der Waals surface area contributed by atoms with Crippen molar-refractivity contribution >= 4 is 22.0 Å². The Labute approximate surface area is 101 Å². The number of rotatable bonds is 4. The first-order valence-electron chi connectivity index (χ1n) is 5.27. The summed E-state index contributed by atoms with van der Waals surface area (Å²) < 4.78 is 1.17. The first-order valence-corrected chi connectivity index (χ1v) is 6.07. The van der Waals surface area contributed by atoms with Crippen LogP contribution in [0.15, 0.2) is 28.2 Å². The minimum Gasteiger partial charge on any atom is -0.316 e. The molecule has 82 valence electrons. The molecule has 0 atom stereocenters. The molecule has 0 unspecified atom stereocenters. The van der Waals surface area contributed by atoms with E-state index < -0.39 is 0 Å². The van der Waals surface area contributed by atoms with Crippen LogP contribution in [0.25, 0.3) is 6.08 Å². The molecule has 1 aromatic carbocycles. The zero-order chi connectivity index (χ0) is 11.3. The van der Waals surface area contributed by atoms with Crippen molar-refractivity contribution in [1.29, 1.82) is 0 Å². The second kappa shape index (κ2) is 6.09. The van der Waals surface area contributed by atoms with Crippen LogP contribution in [0.1, 0.15) is 24.5 Å². The average molecular weight is 268 g/mol. The standard InChI is InChI=1S/C13H18BrN/c1-4-11(9-15-3)8-12-6-5-10(2)7-13(12)14/h5-8,15H,4,9H2,1-3H3/b11-8-. The predicted molar refractivity (Wildman–Crippen MR) is 71.1 cm³/mol. The lowest BCUT2D eigenvalue weighted by Gasteiger charge is -2.06. The number of halogens is 1. The Hall–Kier alpha value is -0.600. The molecule has 0 saturated heterocycles. The maximum absolute atomic E-state index is 3.59. The first kappa shape index (κ1) is 12.5. The quantitative estimate of drug-likeness (QED) is 0.876. The molecule has 1 nitrogen and oxygen atoms in total. The van der Waals surface area contributed by atoms with Gasteiger partial charge < -0.3 is 5.32 Å². The van der Waals surface area contributed by atoms with Crippen molar-refractivity contribution in [3.05, 3.63) is 39.4 Å². The molecule has 0 fully saturated rings. The third-order valence-electron chi connectivity index (χ3n) is 2.37. The summed E-state index contributed by atoms with van der Waals surface area (Å²) in [4.78, 5) is 0. The molecule has 0 aliphatic rings. The van der Waals surface area contributed by atoms with E-state index in [0.717, 1.165) is 13.0 Å². The van der Waals surface area contributed by atoms with Crippen LogP contribution < -0.4 is 5.32 Å². The Kier molecular flexibility index (Phi) is 5.06. The highest BCUT2D eigenvalue weighted by Gasteiger charge is 1.99. The van der Waals surface area contributed by atoms with Crippen LogP contribution >= 0.6 is 15.9 Å². The van der Waals surface area contributed by atoms with E-state index in [1.807, 2.05) is 7.05 Å². The highest BCUT2D eigenvalue weighted by atomic mass is 79.9. The summed E-state index contributed by atoms with van der Waals surface area (Å²) in [7, 11) is 1.98. The molecular formula is C13H18BrN. The van der Waals surface area contributed by atoms with E-state index in [2.05, 4.69) is 59.4 Å². The van der Waals surface area contributed by atoms with E-state index in [-0.39, 0.29) is 0 Å². The smallest absolute Gasteiger partial charge is 0.0250 e. The minimum absolute atomic E-state index is 0.955. The number of hydrogen-bond donors (Lipinski definition) is 1. The highest BCUT2D eigenvalue weighted by Crippen LogP contribution is 2.21. The molecule has 1 rings (SSSR count). The minimum atomic E-state index is 0.955. The largest absolute Gasteiger partial charge is 0.316 e. The highest BCUT2D eigenvalue weighted by molar-refractivity contribution is 9.10. The second-order valence-corrected chi connectivity index (χ2v) is 4.57. The number of nitrogens with one attached hydrogen (secondary N) is 1. The van der Waals surface area contributed by atoms with Gasteiger partial charge >= 0.3 is 0 Å². The summed E-state index contributed by atoms with van der Waals surface area (Å²) in [5, 5.41) is 3.19. The molecule has 0 amide bonds. The molecule has 0 bridgehead atoms. The fourth-order valence-electron chi connectivity index (χ4n) is 1.47. The van der Waals surface area contributed by atoms with Crippen molar-refractivity contribution < 1.29 is 0 Å².